The van der Waals surface area contributed by atoms with E-state index in [0.29, 0.717) is 6.04 Å². The summed E-state index contributed by atoms with van der Waals surface area (Å²) in [5.74, 6) is 0. The molecule has 1 aromatic carbocycles. The van der Waals surface area contributed by atoms with E-state index in [4.69, 9.17) is 0 Å². The van der Waals surface area contributed by atoms with Crippen LogP contribution in [0.25, 0.3) is 0 Å². The molecule has 0 spiro atoms. The fourth-order valence-electron chi connectivity index (χ4n) is 3.79. The molecule has 3 nitrogen and oxygen atoms in total. The summed E-state index contributed by atoms with van der Waals surface area (Å²) >= 11 is 0. The average molecular weight is 285 g/mol. The van der Waals surface area contributed by atoms with Crippen molar-refractivity contribution in [3.63, 3.8) is 0 Å². The van der Waals surface area contributed by atoms with Gasteiger partial charge in [0.15, 0.2) is 0 Å². The number of hydrogen-bond donors (Lipinski definition) is 1. The highest BCUT2D eigenvalue weighted by Crippen LogP contribution is 2.29. The van der Waals surface area contributed by atoms with Crippen LogP contribution >= 0.6 is 0 Å². The highest BCUT2D eigenvalue weighted by atomic mass is 15.2. The van der Waals surface area contributed by atoms with Gasteiger partial charge in [0.05, 0.1) is 0 Å². The molecular formula is C18H27N3. The maximum absolute atomic E-state index is 3.74. The van der Waals surface area contributed by atoms with Crippen LogP contribution in [0.2, 0.25) is 0 Å². The second kappa shape index (κ2) is 5.98. The highest BCUT2D eigenvalue weighted by molar-refractivity contribution is 5.48. The van der Waals surface area contributed by atoms with Crippen molar-refractivity contribution in [1.29, 1.82) is 0 Å². The summed E-state index contributed by atoms with van der Waals surface area (Å²) in [5.41, 5.74) is 2.82. The van der Waals surface area contributed by atoms with Crippen LogP contribution in [0, 0.1) is 0 Å². The molecule has 2 saturated heterocycles. The molecule has 1 atom stereocenters. The van der Waals surface area contributed by atoms with Gasteiger partial charge in [0.1, 0.15) is 0 Å². The lowest BCUT2D eigenvalue weighted by Gasteiger charge is -2.18. The lowest BCUT2D eigenvalue weighted by molar-refractivity contribution is 0.317. The molecule has 3 aliphatic rings. The van der Waals surface area contributed by atoms with Gasteiger partial charge in [-0.2, -0.15) is 0 Å². The quantitative estimate of drug-likeness (QED) is 0.897. The number of rotatable bonds is 5. The molecule has 1 aromatic rings. The fraction of sp³-hybridized carbons (Fsp3) is 0.667. The predicted molar refractivity (Wildman–Crippen MR) is 87.7 cm³/mol. The van der Waals surface area contributed by atoms with E-state index in [1.54, 1.807) is 0 Å². The molecule has 0 radical (unpaired) electrons. The molecule has 21 heavy (non-hydrogen) atoms. The van der Waals surface area contributed by atoms with E-state index in [-0.39, 0.29) is 0 Å². The Labute approximate surface area is 128 Å². The normalized spacial score (nSPS) is 26.7. The molecule has 4 rings (SSSR count). The van der Waals surface area contributed by atoms with E-state index in [2.05, 4.69) is 39.4 Å². The summed E-state index contributed by atoms with van der Waals surface area (Å²) in [6.45, 7) is 6.05. The number of nitrogens with zero attached hydrogens (tertiary/aromatic N) is 2. The molecule has 2 aliphatic heterocycles. The van der Waals surface area contributed by atoms with Gasteiger partial charge < -0.3 is 10.2 Å². The maximum Gasteiger partial charge on any atom is 0.0366 e. The summed E-state index contributed by atoms with van der Waals surface area (Å²) < 4.78 is 0. The lowest BCUT2D eigenvalue weighted by atomic mass is 10.1. The van der Waals surface area contributed by atoms with Crippen molar-refractivity contribution in [2.24, 2.45) is 0 Å². The topological polar surface area (TPSA) is 18.5 Å². The van der Waals surface area contributed by atoms with E-state index in [1.807, 2.05) is 0 Å². The van der Waals surface area contributed by atoms with Gasteiger partial charge >= 0.3 is 0 Å². The monoisotopic (exact) mass is 285 g/mol. The summed E-state index contributed by atoms with van der Waals surface area (Å²) in [4.78, 5) is 5.18. The van der Waals surface area contributed by atoms with Crippen molar-refractivity contribution in [3.8, 4) is 0 Å². The van der Waals surface area contributed by atoms with Crippen molar-refractivity contribution in [2.75, 3.05) is 31.1 Å². The Bertz CT molecular complexity index is 460. The van der Waals surface area contributed by atoms with Gasteiger partial charge in [-0.05, 0) is 49.8 Å². The molecule has 2 heterocycles. The van der Waals surface area contributed by atoms with Crippen molar-refractivity contribution in [1.82, 2.24) is 10.2 Å². The Kier molecular flexibility index (Phi) is 3.87. The van der Waals surface area contributed by atoms with Gasteiger partial charge in [0.2, 0.25) is 0 Å². The molecule has 1 saturated carbocycles. The SMILES string of the molecule is c1cc(N2CCCC2)ccc1CNC1CCN(C2CC2)C1. The smallest absolute Gasteiger partial charge is 0.0366 e. The first-order valence-electron chi connectivity index (χ1n) is 8.70. The number of benzene rings is 1. The third-order valence-corrected chi connectivity index (χ3v) is 5.29. The minimum absolute atomic E-state index is 0.698. The van der Waals surface area contributed by atoms with Crippen molar-refractivity contribution < 1.29 is 0 Å². The second-order valence-corrected chi connectivity index (χ2v) is 6.95. The first-order chi connectivity index (χ1) is 10.4. The standard InChI is InChI=1S/C18H27N3/c1-2-11-20(10-1)17-5-3-15(4-6-17)13-19-16-9-12-21(14-16)18-7-8-18/h3-6,16,18-19H,1-2,7-14H2. The van der Waals surface area contributed by atoms with Gasteiger partial charge in [0.25, 0.3) is 0 Å². The van der Waals surface area contributed by atoms with Crippen LogP contribution in [0.5, 0.6) is 0 Å². The molecule has 1 aliphatic carbocycles. The molecule has 3 fully saturated rings. The Balaban J connectivity index is 1.27. The molecule has 1 unspecified atom stereocenters. The second-order valence-electron chi connectivity index (χ2n) is 6.95. The van der Waals surface area contributed by atoms with Crippen LogP contribution in [-0.2, 0) is 6.54 Å². The van der Waals surface area contributed by atoms with Crippen LogP contribution < -0.4 is 10.2 Å². The Hall–Kier alpha value is -1.06. The zero-order chi connectivity index (χ0) is 14.1. The number of nitrogens with one attached hydrogen (secondary N) is 1. The van der Waals surface area contributed by atoms with Crippen LogP contribution in [0.4, 0.5) is 5.69 Å². The molecule has 0 bridgehead atoms. The number of hydrogen-bond acceptors (Lipinski definition) is 3. The molecule has 0 amide bonds. The van der Waals surface area contributed by atoms with E-state index < -0.39 is 0 Å². The van der Waals surface area contributed by atoms with Crippen LogP contribution in [0.1, 0.15) is 37.7 Å². The Morgan fingerprint density at radius 1 is 0.952 bits per heavy atom. The van der Waals surface area contributed by atoms with Gasteiger partial charge in [-0.1, -0.05) is 12.1 Å². The molecule has 3 heteroatoms. The zero-order valence-electron chi connectivity index (χ0n) is 12.9. The first kappa shape index (κ1) is 13.6. The van der Waals surface area contributed by atoms with Gasteiger partial charge in [-0.15, -0.1) is 0 Å². The number of anilines is 1. The minimum atomic E-state index is 0.698. The van der Waals surface area contributed by atoms with Crippen molar-refractivity contribution in [3.05, 3.63) is 29.8 Å². The van der Waals surface area contributed by atoms with Crippen LogP contribution in [0.3, 0.4) is 0 Å². The number of likely N-dealkylation sites (tertiary alicyclic amines) is 1. The summed E-state index contributed by atoms with van der Waals surface area (Å²) in [5, 5.41) is 3.74. The molecule has 1 N–H and O–H groups in total. The van der Waals surface area contributed by atoms with Gasteiger partial charge in [0, 0.05) is 50.5 Å². The minimum Gasteiger partial charge on any atom is -0.372 e. The lowest BCUT2D eigenvalue weighted by Crippen LogP contribution is -2.32. The third kappa shape index (κ3) is 3.24. The van der Waals surface area contributed by atoms with Crippen LogP contribution in [0.15, 0.2) is 24.3 Å². The van der Waals surface area contributed by atoms with Crippen molar-refractivity contribution in [2.45, 2.75) is 50.7 Å². The molecule has 114 valence electrons. The summed E-state index contributed by atoms with van der Waals surface area (Å²) in [6.07, 6.45) is 6.89. The summed E-state index contributed by atoms with van der Waals surface area (Å²) in [7, 11) is 0. The Morgan fingerprint density at radius 2 is 1.71 bits per heavy atom. The third-order valence-electron chi connectivity index (χ3n) is 5.29. The first-order valence-corrected chi connectivity index (χ1v) is 8.70. The maximum atomic E-state index is 3.74. The van der Waals surface area contributed by atoms with E-state index >= 15 is 0 Å². The van der Waals surface area contributed by atoms with Gasteiger partial charge in [-0.3, -0.25) is 4.90 Å². The van der Waals surface area contributed by atoms with Crippen LogP contribution in [-0.4, -0.2) is 43.2 Å². The van der Waals surface area contributed by atoms with E-state index in [9.17, 15) is 0 Å². The van der Waals surface area contributed by atoms with Crippen molar-refractivity contribution >= 4 is 5.69 Å². The average Bonchev–Trinajstić information content (AvgIpc) is 3.04. The molecular weight excluding hydrogens is 258 g/mol. The van der Waals surface area contributed by atoms with E-state index in [0.717, 1.165) is 12.6 Å². The van der Waals surface area contributed by atoms with Gasteiger partial charge in [-0.25, -0.2) is 0 Å². The van der Waals surface area contributed by atoms with E-state index in [1.165, 1.54) is 69.5 Å². The zero-order valence-corrected chi connectivity index (χ0v) is 12.9. The largest absolute Gasteiger partial charge is 0.372 e. The summed E-state index contributed by atoms with van der Waals surface area (Å²) in [6, 6.07) is 10.8. The fourth-order valence-corrected chi connectivity index (χ4v) is 3.79. The predicted octanol–water partition coefficient (Wildman–Crippen LogP) is 2.61. The highest BCUT2D eigenvalue weighted by Gasteiger charge is 2.33. The molecule has 0 aromatic heterocycles. The Morgan fingerprint density at radius 3 is 2.43 bits per heavy atom.